The van der Waals surface area contributed by atoms with Gasteiger partial charge in [0.2, 0.25) is 0 Å². The molecule has 0 saturated heterocycles. The van der Waals surface area contributed by atoms with Gasteiger partial charge in [0.15, 0.2) is 5.76 Å². The number of furan rings is 1. The van der Waals surface area contributed by atoms with Gasteiger partial charge < -0.3 is 9.15 Å². The number of hydrazone groups is 1. The third-order valence-corrected chi connectivity index (χ3v) is 4.46. The van der Waals surface area contributed by atoms with E-state index in [0.717, 1.165) is 19.9 Å². The highest BCUT2D eigenvalue weighted by atomic mass is 79.9. The van der Waals surface area contributed by atoms with Crippen molar-refractivity contribution < 1.29 is 13.9 Å². The molecular formula is C19H12Br2N2O3. The Morgan fingerprint density at radius 2 is 2.12 bits per heavy atom. The van der Waals surface area contributed by atoms with Gasteiger partial charge in [-0.1, -0.05) is 21.9 Å². The molecule has 0 spiro atoms. The van der Waals surface area contributed by atoms with Gasteiger partial charge in [-0.2, -0.15) is 5.10 Å². The van der Waals surface area contributed by atoms with Gasteiger partial charge in [-0.25, -0.2) is 5.43 Å². The first kappa shape index (κ1) is 18.2. The molecule has 0 aliphatic rings. The van der Waals surface area contributed by atoms with Crippen molar-refractivity contribution in [3.05, 3.63) is 62.7 Å². The van der Waals surface area contributed by atoms with Crippen molar-refractivity contribution in [3.8, 4) is 18.1 Å². The quantitative estimate of drug-likeness (QED) is 0.329. The van der Waals surface area contributed by atoms with Crippen LogP contribution in [0.15, 0.2) is 60.9 Å². The molecule has 7 heteroatoms. The fraction of sp³-hybridized carbons (Fsp3) is 0.0526. The number of amides is 1. The van der Waals surface area contributed by atoms with Gasteiger partial charge in [-0.15, -0.1) is 6.42 Å². The van der Waals surface area contributed by atoms with Gasteiger partial charge in [-0.3, -0.25) is 4.79 Å². The molecule has 0 saturated carbocycles. The van der Waals surface area contributed by atoms with Gasteiger partial charge >= 0.3 is 5.91 Å². The minimum absolute atomic E-state index is 0.189. The summed E-state index contributed by atoms with van der Waals surface area (Å²) in [7, 11) is 0. The number of ether oxygens (including phenoxy) is 1. The first-order valence-electron chi connectivity index (χ1n) is 7.45. The summed E-state index contributed by atoms with van der Waals surface area (Å²) in [5, 5.41) is 4.78. The van der Waals surface area contributed by atoms with E-state index in [1.165, 1.54) is 6.21 Å². The Morgan fingerprint density at radius 3 is 2.88 bits per heavy atom. The number of hydrogen-bond donors (Lipinski definition) is 1. The smallest absolute Gasteiger partial charge is 0.307 e. The van der Waals surface area contributed by atoms with Crippen LogP contribution in [-0.4, -0.2) is 18.7 Å². The van der Waals surface area contributed by atoms with Crippen LogP contribution in [0.4, 0.5) is 0 Å². The molecule has 3 aromatic rings. The van der Waals surface area contributed by atoms with Crippen LogP contribution >= 0.6 is 31.9 Å². The van der Waals surface area contributed by atoms with Crippen molar-refractivity contribution in [1.29, 1.82) is 0 Å². The zero-order chi connectivity index (χ0) is 18.5. The van der Waals surface area contributed by atoms with E-state index in [-0.39, 0.29) is 12.4 Å². The number of fused-ring (bicyclic) bond motifs is 1. The number of rotatable bonds is 5. The zero-order valence-electron chi connectivity index (χ0n) is 13.3. The van der Waals surface area contributed by atoms with Crippen LogP contribution in [0, 0.1) is 12.3 Å². The third-order valence-electron chi connectivity index (χ3n) is 3.35. The highest BCUT2D eigenvalue weighted by Gasteiger charge is 2.11. The second kappa shape index (κ2) is 8.21. The van der Waals surface area contributed by atoms with Crippen LogP contribution in [0.1, 0.15) is 16.1 Å². The summed E-state index contributed by atoms with van der Waals surface area (Å²) in [5.74, 6) is 2.80. The average Bonchev–Trinajstić information content (AvgIpc) is 3.04. The maximum absolute atomic E-state index is 12.2. The van der Waals surface area contributed by atoms with Gasteiger partial charge in [-0.05, 0) is 64.0 Å². The SMILES string of the molecule is C#CCOc1ccc(/C=N/NC(=O)c2cc3cc(Br)ccc3o2)cc1Br. The van der Waals surface area contributed by atoms with Crippen LogP contribution in [0.25, 0.3) is 11.0 Å². The molecule has 0 unspecified atom stereocenters. The van der Waals surface area contributed by atoms with E-state index in [0.29, 0.717) is 11.3 Å². The fourth-order valence-electron chi connectivity index (χ4n) is 2.18. The van der Waals surface area contributed by atoms with E-state index in [4.69, 9.17) is 15.6 Å². The Labute approximate surface area is 166 Å². The molecule has 0 bridgehead atoms. The summed E-state index contributed by atoms with van der Waals surface area (Å²) >= 11 is 6.78. The number of nitrogens with zero attached hydrogens (tertiary/aromatic N) is 1. The van der Waals surface area contributed by atoms with E-state index in [2.05, 4.69) is 48.3 Å². The number of nitrogens with one attached hydrogen (secondary N) is 1. The molecule has 5 nitrogen and oxygen atoms in total. The van der Waals surface area contributed by atoms with Gasteiger partial charge in [0.1, 0.15) is 17.9 Å². The lowest BCUT2D eigenvalue weighted by Gasteiger charge is -2.05. The molecular weight excluding hydrogens is 464 g/mol. The molecule has 1 aromatic heterocycles. The molecule has 3 rings (SSSR count). The van der Waals surface area contributed by atoms with Crippen molar-refractivity contribution in [3.63, 3.8) is 0 Å². The number of carbonyl (C=O) groups is 1. The molecule has 130 valence electrons. The van der Waals surface area contributed by atoms with Crippen LogP contribution < -0.4 is 10.2 Å². The van der Waals surface area contributed by atoms with Crippen molar-refractivity contribution in [2.45, 2.75) is 0 Å². The average molecular weight is 476 g/mol. The highest BCUT2D eigenvalue weighted by molar-refractivity contribution is 9.10. The topological polar surface area (TPSA) is 63.8 Å². The normalized spacial score (nSPS) is 10.8. The molecule has 0 fully saturated rings. The fourth-order valence-corrected chi connectivity index (χ4v) is 3.07. The van der Waals surface area contributed by atoms with E-state index in [1.54, 1.807) is 30.3 Å². The molecule has 0 radical (unpaired) electrons. The molecule has 0 aliphatic heterocycles. The monoisotopic (exact) mass is 474 g/mol. The van der Waals surface area contributed by atoms with Crippen LogP contribution in [0.5, 0.6) is 5.75 Å². The summed E-state index contributed by atoms with van der Waals surface area (Å²) in [6.07, 6.45) is 6.69. The largest absolute Gasteiger partial charge is 0.480 e. The molecule has 2 aromatic carbocycles. The van der Waals surface area contributed by atoms with E-state index in [1.807, 2.05) is 12.1 Å². The number of carbonyl (C=O) groups excluding carboxylic acids is 1. The van der Waals surface area contributed by atoms with E-state index >= 15 is 0 Å². The maximum atomic E-state index is 12.2. The van der Waals surface area contributed by atoms with Crippen molar-refractivity contribution >= 4 is 55.0 Å². The summed E-state index contributed by atoms with van der Waals surface area (Å²) in [6, 6.07) is 12.5. The number of halogens is 2. The van der Waals surface area contributed by atoms with Crippen molar-refractivity contribution in [1.82, 2.24) is 5.43 Å². The lowest BCUT2D eigenvalue weighted by Crippen LogP contribution is -2.16. The summed E-state index contributed by atoms with van der Waals surface area (Å²) in [6.45, 7) is 0.191. The lowest BCUT2D eigenvalue weighted by atomic mass is 10.2. The molecule has 1 heterocycles. The predicted molar refractivity (Wildman–Crippen MR) is 107 cm³/mol. The van der Waals surface area contributed by atoms with Crippen molar-refractivity contribution in [2.75, 3.05) is 6.61 Å². The predicted octanol–water partition coefficient (Wildman–Crippen LogP) is 4.73. The maximum Gasteiger partial charge on any atom is 0.307 e. The molecule has 26 heavy (non-hydrogen) atoms. The minimum atomic E-state index is -0.429. The Balaban J connectivity index is 1.66. The second-order valence-electron chi connectivity index (χ2n) is 5.17. The Kier molecular flexibility index (Phi) is 5.76. The molecule has 1 amide bonds. The van der Waals surface area contributed by atoms with Crippen molar-refractivity contribution in [2.24, 2.45) is 5.10 Å². The minimum Gasteiger partial charge on any atom is -0.480 e. The lowest BCUT2D eigenvalue weighted by molar-refractivity contribution is 0.0929. The van der Waals surface area contributed by atoms with Gasteiger partial charge in [0, 0.05) is 9.86 Å². The first-order chi connectivity index (χ1) is 12.6. The molecule has 1 N–H and O–H groups in total. The number of terminal acetylenes is 1. The third kappa shape index (κ3) is 4.34. The standard InChI is InChI=1S/C19H12Br2N2O3/c1-2-7-25-17-5-3-12(8-15(17)21)11-22-23-19(24)18-10-13-9-14(20)4-6-16(13)26-18/h1,3-6,8-11H,7H2,(H,23,24)/b22-11+. The van der Waals surface area contributed by atoms with E-state index < -0.39 is 5.91 Å². The van der Waals surface area contributed by atoms with Gasteiger partial charge in [0.25, 0.3) is 0 Å². The second-order valence-corrected chi connectivity index (χ2v) is 6.94. The Hall–Kier alpha value is -2.56. The summed E-state index contributed by atoms with van der Waals surface area (Å²) in [5.41, 5.74) is 3.85. The highest BCUT2D eigenvalue weighted by Crippen LogP contribution is 2.25. The Bertz CT molecular complexity index is 1030. The van der Waals surface area contributed by atoms with Gasteiger partial charge in [0.05, 0.1) is 10.7 Å². The summed E-state index contributed by atoms with van der Waals surface area (Å²) < 4.78 is 12.5. The summed E-state index contributed by atoms with van der Waals surface area (Å²) in [4.78, 5) is 12.2. The zero-order valence-corrected chi connectivity index (χ0v) is 16.5. The molecule has 0 atom stereocenters. The van der Waals surface area contributed by atoms with Crippen LogP contribution in [0.3, 0.4) is 0 Å². The number of hydrogen-bond acceptors (Lipinski definition) is 4. The number of benzene rings is 2. The Morgan fingerprint density at radius 1 is 1.27 bits per heavy atom. The van der Waals surface area contributed by atoms with E-state index in [9.17, 15) is 4.79 Å². The van der Waals surface area contributed by atoms with Crippen LogP contribution in [0.2, 0.25) is 0 Å². The van der Waals surface area contributed by atoms with Crippen LogP contribution in [-0.2, 0) is 0 Å². The molecule has 0 aliphatic carbocycles. The first-order valence-corrected chi connectivity index (χ1v) is 9.04.